The van der Waals surface area contributed by atoms with Crippen LogP contribution in [-0.4, -0.2) is 46.6 Å². The topological polar surface area (TPSA) is 173 Å². The zero-order chi connectivity index (χ0) is 28.3. The van der Waals surface area contributed by atoms with Crippen LogP contribution in [-0.2, 0) is 19.1 Å². The zero-order valence-electron chi connectivity index (χ0n) is 21.0. The molecule has 1 fully saturated rings. The van der Waals surface area contributed by atoms with Gasteiger partial charge in [0, 0.05) is 35.4 Å². The van der Waals surface area contributed by atoms with Crippen LogP contribution in [0.15, 0.2) is 48.5 Å². The summed E-state index contributed by atoms with van der Waals surface area (Å²) < 4.78 is 10.5. The number of nitrogens with zero attached hydrogens (tertiary/aromatic N) is 2. The molecule has 2 atom stereocenters. The first kappa shape index (κ1) is 28.1. The van der Waals surface area contributed by atoms with Crippen LogP contribution in [0.5, 0.6) is 0 Å². The van der Waals surface area contributed by atoms with Crippen LogP contribution in [0.25, 0.3) is 0 Å². The van der Waals surface area contributed by atoms with Crippen molar-refractivity contribution in [2.24, 2.45) is 16.7 Å². The number of nitro benzene ring substituents is 2. The standard InChI is InChI=1S/C26H26N2O10/c1-25(2)20(23(31)37-14-21(29)16-6-4-8-18(12-16)27(33)34)10-11-26(25,3)24(32)38-15-22(30)17-7-5-9-19(13-17)28(35)36/h4-9,12-13,20H,10-11,14-15H2,1-3H3/t20-,26+/m1/s1. The van der Waals surface area contributed by atoms with Crippen LogP contribution in [0, 0.1) is 37.0 Å². The lowest BCUT2D eigenvalue weighted by Crippen LogP contribution is -2.44. The van der Waals surface area contributed by atoms with Crippen LogP contribution in [0.1, 0.15) is 54.3 Å². The molecule has 2 aromatic carbocycles. The first-order valence-electron chi connectivity index (χ1n) is 11.7. The number of rotatable bonds is 10. The van der Waals surface area contributed by atoms with E-state index in [0.29, 0.717) is 0 Å². The molecule has 0 saturated heterocycles. The fourth-order valence-corrected chi connectivity index (χ4v) is 4.56. The highest BCUT2D eigenvalue weighted by molar-refractivity contribution is 5.99. The summed E-state index contributed by atoms with van der Waals surface area (Å²) in [6.45, 7) is 3.76. The molecular formula is C26H26N2O10. The third-order valence-corrected chi connectivity index (χ3v) is 7.40. The molecule has 200 valence electrons. The first-order valence-corrected chi connectivity index (χ1v) is 11.7. The van der Waals surface area contributed by atoms with Crippen LogP contribution >= 0.6 is 0 Å². The molecule has 1 aliphatic rings. The minimum Gasteiger partial charge on any atom is -0.457 e. The summed E-state index contributed by atoms with van der Waals surface area (Å²) in [6, 6.07) is 10.1. The smallest absolute Gasteiger partial charge is 0.312 e. The predicted molar refractivity (Wildman–Crippen MR) is 131 cm³/mol. The van der Waals surface area contributed by atoms with E-state index in [9.17, 15) is 39.4 Å². The SMILES string of the molecule is CC1(C)[C@@H](C(=O)OCC(=O)c2cccc([N+](=O)[O-])c2)CC[C@@]1(C)C(=O)OCC(=O)c1cccc([N+](=O)[O-])c1. The summed E-state index contributed by atoms with van der Waals surface area (Å²) in [5, 5.41) is 21.9. The summed E-state index contributed by atoms with van der Waals surface area (Å²) in [5.41, 5.74) is -2.61. The molecule has 1 saturated carbocycles. The normalized spacial score (nSPS) is 19.8. The second-order valence-corrected chi connectivity index (χ2v) is 9.79. The maximum Gasteiger partial charge on any atom is 0.312 e. The molecule has 0 bridgehead atoms. The summed E-state index contributed by atoms with van der Waals surface area (Å²) in [7, 11) is 0. The molecule has 12 nitrogen and oxygen atoms in total. The van der Waals surface area contributed by atoms with Gasteiger partial charge in [0.15, 0.2) is 13.2 Å². The Labute approximate surface area is 217 Å². The van der Waals surface area contributed by atoms with E-state index in [1.165, 1.54) is 36.4 Å². The van der Waals surface area contributed by atoms with Crippen LogP contribution in [0.2, 0.25) is 0 Å². The molecule has 0 aromatic heterocycles. The number of nitro groups is 2. The van der Waals surface area contributed by atoms with E-state index in [0.717, 1.165) is 12.1 Å². The third-order valence-electron chi connectivity index (χ3n) is 7.40. The quantitative estimate of drug-likeness (QED) is 0.190. The molecule has 0 N–H and O–H groups in total. The molecule has 0 unspecified atom stereocenters. The van der Waals surface area contributed by atoms with E-state index in [1.54, 1.807) is 20.8 Å². The number of Topliss-reactive ketones (excluding diaryl/α,β-unsaturated/α-hetero) is 2. The number of hydrogen-bond acceptors (Lipinski definition) is 10. The minimum absolute atomic E-state index is 0.0257. The van der Waals surface area contributed by atoms with Gasteiger partial charge in [-0.05, 0) is 25.2 Å². The second-order valence-electron chi connectivity index (χ2n) is 9.79. The number of carbonyl (C=O) groups is 4. The first-order chi connectivity index (χ1) is 17.8. The van der Waals surface area contributed by atoms with Gasteiger partial charge in [-0.2, -0.15) is 0 Å². The Morgan fingerprint density at radius 1 is 0.842 bits per heavy atom. The van der Waals surface area contributed by atoms with Crippen molar-refractivity contribution >= 4 is 34.9 Å². The number of non-ortho nitro benzene ring substituents is 2. The summed E-state index contributed by atoms with van der Waals surface area (Å²) in [4.78, 5) is 71.4. The number of hydrogen-bond donors (Lipinski definition) is 0. The molecule has 3 rings (SSSR count). The fourth-order valence-electron chi connectivity index (χ4n) is 4.56. The fraction of sp³-hybridized carbons (Fsp3) is 0.385. The van der Waals surface area contributed by atoms with Crippen molar-refractivity contribution in [3.05, 3.63) is 79.9 Å². The van der Waals surface area contributed by atoms with Crippen LogP contribution < -0.4 is 0 Å². The lowest BCUT2D eigenvalue weighted by atomic mass is 9.65. The van der Waals surface area contributed by atoms with E-state index in [4.69, 9.17) is 9.47 Å². The average Bonchev–Trinajstić information content (AvgIpc) is 3.14. The number of benzene rings is 2. The summed E-state index contributed by atoms with van der Waals surface area (Å²) in [5.74, 6) is -3.38. The molecule has 1 aliphatic carbocycles. The molecule has 0 radical (unpaired) electrons. The summed E-state index contributed by atoms with van der Waals surface area (Å²) in [6.07, 6.45) is 0.518. The predicted octanol–water partition coefficient (Wildman–Crippen LogP) is 4.10. The molecule has 2 aromatic rings. The average molecular weight is 526 g/mol. The molecule has 0 amide bonds. The molecular weight excluding hydrogens is 500 g/mol. The third kappa shape index (κ3) is 5.58. The molecule has 0 spiro atoms. The van der Waals surface area contributed by atoms with E-state index >= 15 is 0 Å². The monoisotopic (exact) mass is 526 g/mol. The Bertz CT molecular complexity index is 1320. The number of esters is 2. The van der Waals surface area contributed by atoms with Crippen molar-refractivity contribution in [3.63, 3.8) is 0 Å². The Morgan fingerprint density at radius 2 is 1.32 bits per heavy atom. The molecule has 0 heterocycles. The Kier molecular flexibility index (Phi) is 8.04. The Balaban J connectivity index is 1.62. The highest BCUT2D eigenvalue weighted by atomic mass is 16.6. The van der Waals surface area contributed by atoms with E-state index < -0.39 is 63.3 Å². The Hall–Kier alpha value is -4.48. The van der Waals surface area contributed by atoms with Gasteiger partial charge in [-0.3, -0.25) is 39.4 Å². The van der Waals surface area contributed by atoms with Crippen molar-refractivity contribution in [2.45, 2.75) is 33.6 Å². The van der Waals surface area contributed by atoms with Crippen LogP contribution in [0.3, 0.4) is 0 Å². The largest absolute Gasteiger partial charge is 0.457 e. The van der Waals surface area contributed by atoms with Crippen molar-refractivity contribution in [1.29, 1.82) is 0 Å². The highest BCUT2D eigenvalue weighted by Gasteiger charge is 2.59. The number of ether oxygens (including phenoxy) is 2. The molecule has 12 heteroatoms. The number of ketones is 2. The molecule has 38 heavy (non-hydrogen) atoms. The van der Waals surface area contributed by atoms with Gasteiger partial charge >= 0.3 is 11.9 Å². The zero-order valence-corrected chi connectivity index (χ0v) is 21.0. The van der Waals surface area contributed by atoms with Crippen molar-refractivity contribution in [1.82, 2.24) is 0 Å². The van der Waals surface area contributed by atoms with Gasteiger partial charge in [0.05, 0.1) is 21.2 Å². The van der Waals surface area contributed by atoms with E-state index in [2.05, 4.69) is 0 Å². The van der Waals surface area contributed by atoms with Gasteiger partial charge < -0.3 is 9.47 Å². The van der Waals surface area contributed by atoms with Gasteiger partial charge in [0.25, 0.3) is 11.4 Å². The minimum atomic E-state index is -1.16. The van der Waals surface area contributed by atoms with Gasteiger partial charge in [-0.25, -0.2) is 0 Å². The van der Waals surface area contributed by atoms with Gasteiger partial charge in [0.1, 0.15) is 0 Å². The van der Waals surface area contributed by atoms with E-state index in [-0.39, 0.29) is 35.3 Å². The highest BCUT2D eigenvalue weighted by Crippen LogP contribution is 2.56. The van der Waals surface area contributed by atoms with Crippen molar-refractivity contribution < 1.29 is 38.5 Å². The van der Waals surface area contributed by atoms with Crippen molar-refractivity contribution in [2.75, 3.05) is 13.2 Å². The number of carbonyl (C=O) groups excluding carboxylic acids is 4. The lowest BCUT2D eigenvalue weighted by molar-refractivity contribution is -0.385. The summed E-state index contributed by atoms with van der Waals surface area (Å²) >= 11 is 0. The van der Waals surface area contributed by atoms with Crippen LogP contribution in [0.4, 0.5) is 11.4 Å². The van der Waals surface area contributed by atoms with Gasteiger partial charge in [0.2, 0.25) is 11.6 Å². The van der Waals surface area contributed by atoms with E-state index in [1.807, 2.05) is 0 Å². The second kappa shape index (κ2) is 10.9. The maximum absolute atomic E-state index is 13.1. The molecule has 0 aliphatic heterocycles. The van der Waals surface area contributed by atoms with Gasteiger partial charge in [-0.1, -0.05) is 38.1 Å². The van der Waals surface area contributed by atoms with Gasteiger partial charge in [-0.15, -0.1) is 0 Å². The lowest BCUT2D eigenvalue weighted by Gasteiger charge is -2.38. The Morgan fingerprint density at radius 3 is 1.79 bits per heavy atom. The maximum atomic E-state index is 13.1. The van der Waals surface area contributed by atoms with Crippen molar-refractivity contribution in [3.8, 4) is 0 Å².